The maximum Gasteiger partial charge on any atom is 0.251 e. The fraction of sp³-hybridized carbons (Fsp3) is 0.515. The normalized spacial score (nSPS) is 22.7. The summed E-state index contributed by atoms with van der Waals surface area (Å²) in [5.41, 5.74) is 3.88. The lowest BCUT2D eigenvalue weighted by atomic mass is 9.85. The minimum Gasteiger partial charge on any atom is -0.494 e. The molecule has 4 aromatic rings. The number of fused-ring (bicyclic) bond motifs is 2. The third-order valence-electron chi connectivity index (χ3n) is 9.21. The van der Waals surface area contributed by atoms with E-state index in [-0.39, 0.29) is 24.4 Å². The minimum atomic E-state index is -1.13. The van der Waals surface area contributed by atoms with Crippen molar-refractivity contribution in [3.63, 3.8) is 0 Å². The summed E-state index contributed by atoms with van der Waals surface area (Å²) in [6.07, 6.45) is 3.76. The molecule has 3 atom stereocenters. The van der Waals surface area contributed by atoms with Gasteiger partial charge in [0.2, 0.25) is 5.91 Å². The number of aromatic nitrogens is 4. The molecule has 2 amide bonds. The molecule has 1 fully saturated rings. The summed E-state index contributed by atoms with van der Waals surface area (Å²) in [6.45, 7) is 7.40. The van der Waals surface area contributed by atoms with E-state index in [1.807, 2.05) is 38.5 Å². The van der Waals surface area contributed by atoms with Crippen LogP contribution in [0.5, 0.6) is 5.75 Å². The zero-order valence-electron chi connectivity index (χ0n) is 26.2. The average Bonchev–Trinajstić information content (AvgIpc) is 3.68. The van der Waals surface area contributed by atoms with E-state index in [4.69, 9.17) is 14.7 Å². The molecule has 3 N–H and O–H groups in total. The number of benzene rings is 1. The van der Waals surface area contributed by atoms with Crippen LogP contribution in [0.2, 0.25) is 0 Å². The molecule has 0 saturated carbocycles. The summed E-state index contributed by atoms with van der Waals surface area (Å²) in [5.74, 6) is 0.923. The highest BCUT2D eigenvalue weighted by Gasteiger charge is 2.30. The zero-order valence-corrected chi connectivity index (χ0v) is 26.2. The van der Waals surface area contributed by atoms with Gasteiger partial charge in [-0.3, -0.25) is 9.59 Å². The third-order valence-corrected chi connectivity index (χ3v) is 9.21. The van der Waals surface area contributed by atoms with Crippen LogP contribution in [0.1, 0.15) is 75.0 Å². The second kappa shape index (κ2) is 11.8. The Labute approximate surface area is 256 Å². The first-order chi connectivity index (χ1) is 21.1. The number of pyridine rings is 1. The Morgan fingerprint density at radius 1 is 1.11 bits per heavy atom. The van der Waals surface area contributed by atoms with E-state index in [2.05, 4.69) is 32.7 Å². The van der Waals surface area contributed by atoms with Crippen LogP contribution in [0, 0.1) is 5.41 Å². The van der Waals surface area contributed by atoms with E-state index >= 15 is 0 Å². The predicted octanol–water partition coefficient (Wildman–Crippen LogP) is 4.81. The fourth-order valence-electron chi connectivity index (χ4n) is 6.43. The first kappa shape index (κ1) is 30.1. The maximum atomic E-state index is 14.2. The van der Waals surface area contributed by atoms with Gasteiger partial charge in [-0.15, -0.1) is 0 Å². The highest BCUT2D eigenvalue weighted by Crippen LogP contribution is 2.35. The minimum absolute atomic E-state index is 0.0474. The van der Waals surface area contributed by atoms with Crippen LogP contribution < -0.4 is 20.7 Å². The van der Waals surface area contributed by atoms with Gasteiger partial charge in [-0.05, 0) is 50.1 Å². The van der Waals surface area contributed by atoms with E-state index in [1.165, 1.54) is 0 Å². The van der Waals surface area contributed by atoms with Gasteiger partial charge in [-0.25, -0.2) is 14.4 Å². The van der Waals surface area contributed by atoms with Gasteiger partial charge in [0.1, 0.15) is 23.1 Å². The highest BCUT2D eigenvalue weighted by molar-refractivity contribution is 6.00. The summed E-state index contributed by atoms with van der Waals surface area (Å²) < 4.78 is 24.1. The van der Waals surface area contributed by atoms with Crippen molar-refractivity contribution in [3.8, 4) is 17.3 Å². The monoisotopic (exact) mass is 603 g/mol. The van der Waals surface area contributed by atoms with Gasteiger partial charge in [0.15, 0.2) is 5.82 Å². The Bertz CT molecular complexity index is 1730. The molecule has 3 aromatic heterocycles. The standard InChI is InChI=1S/C33H42FN7O3/c1-19-23-11-10-20-15-26(41(29(20)37-23)13-9-7-6-8-12-33(2,3)32(43)36-19)30-38-24-14-21(16-27(44-5)28(24)40(30)4)31(42)39-25-18-35-17-22(25)34/h10-11,14-16,19,22,25,35H,6-9,12-13,17-18H2,1-5H3,(H,36,43)(H,39,42)/t19-,22+,25-/m1/s1. The van der Waals surface area contributed by atoms with Crippen LogP contribution >= 0.6 is 0 Å². The molecular weight excluding hydrogens is 561 g/mol. The van der Waals surface area contributed by atoms with Gasteiger partial charge < -0.3 is 29.8 Å². The van der Waals surface area contributed by atoms with E-state index in [1.54, 1.807) is 19.2 Å². The fourth-order valence-corrected chi connectivity index (χ4v) is 6.43. The van der Waals surface area contributed by atoms with Crippen molar-refractivity contribution in [3.05, 3.63) is 41.6 Å². The molecule has 0 unspecified atom stereocenters. The molecule has 0 aliphatic carbocycles. The molecule has 11 heteroatoms. The van der Waals surface area contributed by atoms with E-state index in [9.17, 15) is 14.0 Å². The number of imidazole rings is 1. The van der Waals surface area contributed by atoms with E-state index in [0.717, 1.165) is 72.4 Å². The number of carbonyl (C=O) groups excluding carboxylic acids is 2. The molecule has 44 heavy (non-hydrogen) atoms. The topological polar surface area (TPSA) is 115 Å². The van der Waals surface area contributed by atoms with Gasteiger partial charge >= 0.3 is 0 Å². The molecule has 5 heterocycles. The third kappa shape index (κ3) is 5.53. The molecule has 234 valence electrons. The van der Waals surface area contributed by atoms with Crippen LogP contribution in [-0.4, -0.2) is 63.3 Å². The summed E-state index contributed by atoms with van der Waals surface area (Å²) in [6, 6.07) is 8.74. The predicted molar refractivity (Wildman–Crippen MR) is 168 cm³/mol. The molecule has 0 spiro atoms. The molecule has 2 bridgehead atoms. The number of hydrogen-bond acceptors (Lipinski definition) is 6. The Balaban J connectivity index is 1.42. The number of ether oxygens (including phenoxy) is 1. The van der Waals surface area contributed by atoms with Gasteiger partial charge in [0, 0.05) is 43.0 Å². The summed E-state index contributed by atoms with van der Waals surface area (Å²) in [4.78, 5) is 36.3. The van der Waals surface area contributed by atoms with Crippen LogP contribution in [0.3, 0.4) is 0 Å². The molecule has 10 nitrogen and oxygen atoms in total. The Kier molecular flexibility index (Phi) is 8.08. The van der Waals surface area contributed by atoms with Gasteiger partial charge in [-0.1, -0.05) is 33.1 Å². The van der Waals surface area contributed by atoms with E-state index < -0.39 is 17.6 Å². The molecule has 6 rings (SSSR count). The number of carbonyl (C=O) groups is 2. The number of rotatable bonds is 4. The van der Waals surface area contributed by atoms with Crippen molar-refractivity contribution in [1.82, 2.24) is 35.1 Å². The van der Waals surface area contributed by atoms with Crippen molar-refractivity contribution in [1.29, 1.82) is 0 Å². The second-order valence-electron chi connectivity index (χ2n) is 12.9. The Morgan fingerprint density at radius 2 is 1.91 bits per heavy atom. The van der Waals surface area contributed by atoms with Crippen molar-refractivity contribution < 1.29 is 18.7 Å². The zero-order chi connectivity index (χ0) is 31.2. The number of halogens is 1. The van der Waals surface area contributed by atoms with Crippen molar-refractivity contribution >= 4 is 33.9 Å². The lowest BCUT2D eigenvalue weighted by Crippen LogP contribution is -2.41. The quantitative estimate of drug-likeness (QED) is 0.309. The van der Waals surface area contributed by atoms with E-state index in [0.29, 0.717) is 23.4 Å². The Morgan fingerprint density at radius 3 is 2.66 bits per heavy atom. The van der Waals surface area contributed by atoms with Crippen molar-refractivity contribution in [2.75, 3.05) is 20.2 Å². The largest absolute Gasteiger partial charge is 0.494 e. The number of hydrogen-bond donors (Lipinski definition) is 3. The molecule has 2 aliphatic heterocycles. The number of nitrogens with zero attached hydrogens (tertiary/aromatic N) is 4. The first-order valence-corrected chi connectivity index (χ1v) is 15.6. The van der Waals surface area contributed by atoms with Gasteiger partial charge in [0.05, 0.1) is 36.1 Å². The van der Waals surface area contributed by atoms with Gasteiger partial charge in [0.25, 0.3) is 5.91 Å². The Hall–Kier alpha value is -3.99. The molecule has 1 aromatic carbocycles. The van der Waals surface area contributed by atoms with Gasteiger partial charge in [-0.2, -0.15) is 0 Å². The summed E-state index contributed by atoms with van der Waals surface area (Å²) in [7, 11) is 3.51. The molecule has 2 aliphatic rings. The number of amides is 2. The number of aryl methyl sites for hydroxylation is 2. The lowest BCUT2D eigenvalue weighted by molar-refractivity contribution is -0.130. The number of alkyl halides is 1. The highest BCUT2D eigenvalue weighted by atomic mass is 19.1. The second-order valence-corrected chi connectivity index (χ2v) is 12.9. The summed E-state index contributed by atoms with van der Waals surface area (Å²) >= 11 is 0. The van der Waals surface area contributed by atoms with Crippen molar-refractivity contribution in [2.45, 2.75) is 77.7 Å². The van der Waals surface area contributed by atoms with Crippen LogP contribution in [-0.2, 0) is 18.4 Å². The van der Waals surface area contributed by atoms with Crippen LogP contribution in [0.4, 0.5) is 4.39 Å². The lowest BCUT2D eigenvalue weighted by Gasteiger charge is -2.26. The smallest absolute Gasteiger partial charge is 0.251 e. The number of methoxy groups -OCH3 is 1. The number of nitrogens with one attached hydrogen (secondary N) is 3. The van der Waals surface area contributed by atoms with Crippen LogP contribution in [0.15, 0.2) is 30.3 Å². The van der Waals surface area contributed by atoms with Crippen LogP contribution in [0.25, 0.3) is 33.6 Å². The molecule has 0 radical (unpaired) electrons. The molecular formula is C33H42FN7O3. The van der Waals surface area contributed by atoms with Crippen molar-refractivity contribution in [2.24, 2.45) is 12.5 Å². The SMILES string of the molecule is COc1cc(C(=O)N[C@@H]2CNC[C@@H]2F)cc2nc(-c3cc4ccc5nc4n3CCCCCCC(C)(C)C(=O)N[C@@H]5C)n(C)c12. The first-order valence-electron chi connectivity index (χ1n) is 15.6. The summed E-state index contributed by atoms with van der Waals surface area (Å²) in [5, 5.41) is 9.94. The molecule has 1 saturated heterocycles. The average molecular weight is 604 g/mol. The maximum absolute atomic E-state index is 14.2.